The molecule has 0 amide bonds. The normalized spacial score (nSPS) is 12.3. The minimum absolute atomic E-state index is 0.648. The Balaban J connectivity index is 1.84. The molecule has 0 saturated carbocycles. The van der Waals surface area contributed by atoms with Crippen LogP contribution in [-0.2, 0) is 13.0 Å². The van der Waals surface area contributed by atoms with E-state index in [1.165, 1.54) is 16.8 Å². The molecule has 0 N–H and O–H groups in total. The van der Waals surface area contributed by atoms with Crippen LogP contribution in [0.5, 0.6) is 23.0 Å². The Hall–Kier alpha value is -2.47. The van der Waals surface area contributed by atoms with Crippen LogP contribution in [0.25, 0.3) is 22.0 Å². The van der Waals surface area contributed by atoms with Gasteiger partial charge in [0.15, 0.2) is 35.7 Å². The largest absolute Gasteiger partial charge is 0.493 e. The average Bonchev–Trinajstić information content (AvgIpc) is 2.76. The highest BCUT2D eigenvalue weighted by Gasteiger charge is 2.27. The van der Waals surface area contributed by atoms with Crippen LogP contribution >= 0.6 is 15.9 Å². The third-order valence-electron chi connectivity index (χ3n) is 5.33. The van der Waals surface area contributed by atoms with Crippen molar-refractivity contribution < 1.29 is 23.5 Å². The van der Waals surface area contributed by atoms with Crippen molar-refractivity contribution in [3.8, 4) is 34.3 Å². The van der Waals surface area contributed by atoms with Crippen molar-refractivity contribution in [2.24, 2.45) is 0 Å². The van der Waals surface area contributed by atoms with Gasteiger partial charge in [-0.25, -0.2) is 0 Å². The maximum Gasteiger partial charge on any atom is 0.213 e. The summed E-state index contributed by atoms with van der Waals surface area (Å²) in [5, 5.41) is 3.07. The summed E-state index contributed by atoms with van der Waals surface area (Å²) in [4.78, 5) is 0. The van der Waals surface area contributed by atoms with Gasteiger partial charge in [-0.2, -0.15) is 4.57 Å². The molecule has 2 heterocycles. The number of hydrogen-bond acceptors (Lipinski definition) is 4. The maximum atomic E-state index is 6.00. The number of methoxy groups -OCH3 is 3. The third kappa shape index (κ3) is 3.62. The highest BCUT2D eigenvalue weighted by molar-refractivity contribution is 9.09. The summed E-state index contributed by atoms with van der Waals surface area (Å²) in [5.41, 5.74) is 3.62. The molecule has 0 saturated heterocycles. The van der Waals surface area contributed by atoms with Crippen LogP contribution in [0.2, 0.25) is 0 Å². The predicted octanol–water partition coefficient (Wildman–Crippen LogP) is 4.54. The van der Waals surface area contributed by atoms with E-state index in [-0.39, 0.29) is 0 Å². The molecule has 1 aliphatic heterocycles. The zero-order valence-corrected chi connectivity index (χ0v) is 18.5. The SMILES string of the molecule is COc1cc2c(cc1OCCCBr)-c1cc3ccc(OC)c(OC)c3c[n+]1CC2. The summed E-state index contributed by atoms with van der Waals surface area (Å²) in [5.74, 6) is 3.08. The lowest BCUT2D eigenvalue weighted by molar-refractivity contribution is -0.686. The van der Waals surface area contributed by atoms with Crippen LogP contribution in [0.4, 0.5) is 0 Å². The smallest absolute Gasteiger partial charge is 0.213 e. The molecule has 2 aromatic carbocycles. The summed E-state index contributed by atoms with van der Waals surface area (Å²) < 4.78 is 25.0. The summed E-state index contributed by atoms with van der Waals surface area (Å²) in [6.07, 6.45) is 4.03. The number of nitrogens with zero attached hydrogens (tertiary/aromatic N) is 1. The van der Waals surface area contributed by atoms with Gasteiger partial charge in [-0.3, -0.25) is 0 Å². The second-order valence-electron chi connectivity index (χ2n) is 6.96. The van der Waals surface area contributed by atoms with Crippen LogP contribution in [-0.4, -0.2) is 33.3 Å². The van der Waals surface area contributed by atoms with E-state index >= 15 is 0 Å². The molecule has 0 radical (unpaired) electrons. The van der Waals surface area contributed by atoms with Crippen molar-refractivity contribution in [1.29, 1.82) is 0 Å². The highest BCUT2D eigenvalue weighted by atomic mass is 79.9. The predicted molar refractivity (Wildman–Crippen MR) is 117 cm³/mol. The summed E-state index contributed by atoms with van der Waals surface area (Å²) in [6.45, 7) is 1.54. The molecule has 29 heavy (non-hydrogen) atoms. The monoisotopic (exact) mass is 458 g/mol. The number of halogens is 1. The van der Waals surface area contributed by atoms with Gasteiger partial charge in [0, 0.05) is 17.8 Å². The van der Waals surface area contributed by atoms with Crippen molar-refractivity contribution in [2.75, 3.05) is 33.3 Å². The Morgan fingerprint density at radius 3 is 2.52 bits per heavy atom. The lowest BCUT2D eigenvalue weighted by Gasteiger charge is -2.19. The van der Waals surface area contributed by atoms with Gasteiger partial charge in [0.25, 0.3) is 0 Å². The van der Waals surface area contributed by atoms with Crippen LogP contribution in [0.1, 0.15) is 12.0 Å². The zero-order chi connectivity index (χ0) is 20.4. The van der Waals surface area contributed by atoms with Gasteiger partial charge in [0.1, 0.15) is 0 Å². The van der Waals surface area contributed by atoms with E-state index in [1.54, 1.807) is 21.3 Å². The number of aromatic nitrogens is 1. The van der Waals surface area contributed by atoms with Gasteiger partial charge in [-0.15, -0.1) is 0 Å². The van der Waals surface area contributed by atoms with Crippen LogP contribution in [0, 0.1) is 0 Å². The van der Waals surface area contributed by atoms with Gasteiger partial charge < -0.3 is 18.9 Å². The number of ether oxygens (including phenoxy) is 4. The highest BCUT2D eigenvalue weighted by Crippen LogP contribution is 2.40. The van der Waals surface area contributed by atoms with Crippen molar-refractivity contribution in [3.63, 3.8) is 0 Å². The van der Waals surface area contributed by atoms with Gasteiger partial charge >= 0.3 is 0 Å². The number of pyridine rings is 1. The number of fused-ring (bicyclic) bond motifs is 4. The first-order valence-electron chi connectivity index (χ1n) is 9.68. The topological polar surface area (TPSA) is 40.8 Å². The van der Waals surface area contributed by atoms with Crippen molar-refractivity contribution in [2.45, 2.75) is 19.4 Å². The Bertz CT molecular complexity index is 1050. The van der Waals surface area contributed by atoms with Gasteiger partial charge in [-0.05, 0) is 41.6 Å². The molecule has 3 aromatic rings. The lowest BCUT2D eigenvalue weighted by atomic mass is 9.95. The number of aryl methyl sites for hydroxylation is 2. The Morgan fingerprint density at radius 2 is 1.79 bits per heavy atom. The molecule has 0 unspecified atom stereocenters. The van der Waals surface area contributed by atoms with Gasteiger partial charge in [0.2, 0.25) is 5.69 Å². The molecule has 5 nitrogen and oxygen atoms in total. The molecule has 0 atom stereocenters. The lowest BCUT2D eigenvalue weighted by Crippen LogP contribution is -2.40. The molecule has 1 aromatic heterocycles. The molecule has 0 fully saturated rings. The zero-order valence-electron chi connectivity index (χ0n) is 17.0. The minimum Gasteiger partial charge on any atom is -0.493 e. The van der Waals surface area contributed by atoms with Crippen molar-refractivity contribution in [1.82, 2.24) is 0 Å². The molecule has 152 valence electrons. The Labute approximate surface area is 179 Å². The fraction of sp³-hybridized carbons (Fsp3) is 0.348. The van der Waals surface area contributed by atoms with E-state index in [0.29, 0.717) is 6.61 Å². The first-order valence-corrected chi connectivity index (χ1v) is 10.8. The standard InChI is InChI=1S/C23H25BrNO4/c1-26-20-6-5-15-11-19-17-13-22(29-10-4-8-24)21(27-2)12-16(17)7-9-25(19)14-18(15)23(20)28-3/h5-6,11-14H,4,7-10H2,1-3H3/q+1. The molecule has 6 heteroatoms. The van der Waals surface area contributed by atoms with Crippen LogP contribution < -0.4 is 23.5 Å². The summed E-state index contributed by atoms with van der Waals surface area (Å²) in [6, 6.07) is 10.5. The maximum absolute atomic E-state index is 6.00. The molecule has 0 spiro atoms. The van der Waals surface area contributed by atoms with E-state index in [9.17, 15) is 0 Å². The Morgan fingerprint density at radius 1 is 0.966 bits per heavy atom. The number of alkyl halides is 1. The molecular weight excluding hydrogens is 434 g/mol. The molecule has 1 aliphatic rings. The minimum atomic E-state index is 0.648. The fourth-order valence-corrected chi connectivity index (χ4v) is 4.12. The van der Waals surface area contributed by atoms with E-state index in [4.69, 9.17) is 18.9 Å². The second-order valence-corrected chi connectivity index (χ2v) is 7.75. The van der Waals surface area contributed by atoms with Crippen LogP contribution in [0.3, 0.4) is 0 Å². The van der Waals surface area contributed by atoms with Crippen LogP contribution in [0.15, 0.2) is 36.5 Å². The first kappa shape index (κ1) is 19.8. The molecule has 0 bridgehead atoms. The molecule has 0 aliphatic carbocycles. The third-order valence-corrected chi connectivity index (χ3v) is 5.89. The summed E-state index contributed by atoms with van der Waals surface area (Å²) >= 11 is 3.45. The quantitative estimate of drug-likeness (QED) is 0.296. The van der Waals surface area contributed by atoms with Gasteiger partial charge in [0.05, 0.1) is 38.9 Å². The second kappa shape index (κ2) is 8.49. The fourth-order valence-electron chi connectivity index (χ4n) is 3.90. The summed E-state index contributed by atoms with van der Waals surface area (Å²) in [7, 11) is 5.04. The van der Waals surface area contributed by atoms with Crippen molar-refractivity contribution in [3.05, 3.63) is 42.1 Å². The van der Waals surface area contributed by atoms with E-state index in [0.717, 1.165) is 58.5 Å². The Kier molecular flexibility index (Phi) is 5.81. The van der Waals surface area contributed by atoms with E-state index in [2.05, 4.69) is 51.0 Å². The number of benzene rings is 2. The van der Waals surface area contributed by atoms with Gasteiger partial charge in [-0.1, -0.05) is 15.9 Å². The van der Waals surface area contributed by atoms with E-state index in [1.807, 2.05) is 6.07 Å². The first-order chi connectivity index (χ1) is 14.2. The molecule has 4 rings (SSSR count). The molecular formula is C23H25BrNO4+. The number of hydrogen-bond donors (Lipinski definition) is 0. The average molecular weight is 459 g/mol. The van der Waals surface area contributed by atoms with Crippen molar-refractivity contribution >= 4 is 26.7 Å². The van der Waals surface area contributed by atoms with E-state index < -0.39 is 0 Å². The number of rotatable bonds is 7.